The number of hydrogen-bond acceptors (Lipinski definition) is 4. The van der Waals surface area contributed by atoms with Crippen LogP contribution in [0.3, 0.4) is 0 Å². The van der Waals surface area contributed by atoms with E-state index in [9.17, 15) is 13.2 Å². The lowest BCUT2D eigenvalue weighted by atomic mass is 10.0. The summed E-state index contributed by atoms with van der Waals surface area (Å²) in [4.78, 5) is 13.9. The molecule has 2 aromatic carbocycles. The second-order valence-electron chi connectivity index (χ2n) is 6.16. The van der Waals surface area contributed by atoms with Crippen molar-refractivity contribution in [1.82, 2.24) is 9.62 Å². The van der Waals surface area contributed by atoms with Gasteiger partial charge in [0.2, 0.25) is 10.0 Å². The van der Waals surface area contributed by atoms with Crippen molar-refractivity contribution in [3.8, 4) is 0 Å². The number of nitrogens with one attached hydrogen (secondary N) is 1. The van der Waals surface area contributed by atoms with Crippen molar-refractivity contribution in [2.75, 3.05) is 19.8 Å². The van der Waals surface area contributed by atoms with Gasteiger partial charge < -0.3 is 5.32 Å². The lowest BCUT2D eigenvalue weighted by molar-refractivity contribution is 0.0934. The third-order valence-corrected chi connectivity index (χ3v) is 7.36. The van der Waals surface area contributed by atoms with E-state index in [-0.39, 0.29) is 16.8 Å². The van der Waals surface area contributed by atoms with Crippen LogP contribution in [0.5, 0.6) is 0 Å². The van der Waals surface area contributed by atoms with Crippen LogP contribution in [0, 0.1) is 0 Å². The molecule has 0 saturated carbocycles. The van der Waals surface area contributed by atoms with Gasteiger partial charge in [-0.2, -0.15) is 0 Å². The first-order chi connectivity index (χ1) is 12.3. The number of thioether (sulfide) groups is 1. The zero-order chi connectivity index (χ0) is 18.9. The predicted octanol–water partition coefficient (Wildman–Crippen LogP) is 3.56. The smallest absolute Gasteiger partial charge is 0.251 e. The van der Waals surface area contributed by atoms with Crippen LogP contribution in [0.15, 0.2) is 52.3 Å². The molecule has 2 aromatic rings. The number of carbonyl (C=O) groups is 1. The van der Waals surface area contributed by atoms with Gasteiger partial charge in [0.05, 0.1) is 10.9 Å². The van der Waals surface area contributed by atoms with Gasteiger partial charge >= 0.3 is 0 Å². The van der Waals surface area contributed by atoms with Gasteiger partial charge in [-0.3, -0.25) is 4.79 Å². The number of rotatable bonds is 4. The van der Waals surface area contributed by atoms with Crippen molar-refractivity contribution in [2.45, 2.75) is 22.3 Å². The molecule has 0 bridgehead atoms. The summed E-state index contributed by atoms with van der Waals surface area (Å²) >= 11 is 7.84. The van der Waals surface area contributed by atoms with E-state index in [1.54, 1.807) is 23.9 Å². The van der Waals surface area contributed by atoms with Crippen LogP contribution in [0.2, 0.25) is 5.02 Å². The highest BCUT2D eigenvalue weighted by Gasteiger charge is 2.24. The van der Waals surface area contributed by atoms with Crippen LogP contribution in [-0.4, -0.2) is 38.5 Å². The Morgan fingerprint density at radius 1 is 1.23 bits per heavy atom. The Kier molecular flexibility index (Phi) is 5.62. The first kappa shape index (κ1) is 19.2. The normalized spacial score (nSPS) is 17.0. The van der Waals surface area contributed by atoms with E-state index in [0.717, 1.165) is 26.9 Å². The molecule has 0 unspecified atom stereocenters. The molecule has 5 nitrogen and oxygen atoms in total. The minimum Gasteiger partial charge on any atom is -0.345 e. The number of amides is 1. The van der Waals surface area contributed by atoms with Gasteiger partial charge in [0.1, 0.15) is 0 Å². The summed E-state index contributed by atoms with van der Waals surface area (Å²) in [6, 6.07) is 11.6. The van der Waals surface area contributed by atoms with Crippen molar-refractivity contribution in [3.63, 3.8) is 0 Å². The van der Waals surface area contributed by atoms with Crippen LogP contribution >= 0.6 is 23.4 Å². The molecule has 0 aromatic heterocycles. The van der Waals surface area contributed by atoms with Crippen molar-refractivity contribution in [1.29, 1.82) is 0 Å². The molecule has 138 valence electrons. The van der Waals surface area contributed by atoms with Gasteiger partial charge in [0.15, 0.2) is 0 Å². The molecule has 1 atom stereocenters. The SMILES string of the molecule is CN(C)S(=O)(=O)c1cccc(C(=O)N[C@H]2CCSc3ccc(Cl)cc32)c1. The Morgan fingerprint density at radius 2 is 2.00 bits per heavy atom. The minimum absolute atomic E-state index is 0.0952. The van der Waals surface area contributed by atoms with Crippen LogP contribution in [0.4, 0.5) is 0 Å². The maximum absolute atomic E-state index is 12.7. The first-order valence-electron chi connectivity index (χ1n) is 8.05. The number of carbonyl (C=O) groups excluding carboxylic acids is 1. The molecular weight excluding hydrogens is 392 g/mol. The predicted molar refractivity (Wildman–Crippen MR) is 104 cm³/mol. The first-order valence-corrected chi connectivity index (χ1v) is 10.8. The Labute approximate surface area is 162 Å². The van der Waals surface area contributed by atoms with E-state index >= 15 is 0 Å². The summed E-state index contributed by atoms with van der Waals surface area (Å²) in [5.41, 5.74) is 1.31. The zero-order valence-electron chi connectivity index (χ0n) is 14.4. The molecule has 3 rings (SSSR count). The van der Waals surface area contributed by atoms with Gasteiger partial charge in [-0.25, -0.2) is 12.7 Å². The van der Waals surface area contributed by atoms with Crippen LogP contribution in [-0.2, 0) is 10.0 Å². The summed E-state index contributed by atoms with van der Waals surface area (Å²) < 4.78 is 25.7. The average molecular weight is 411 g/mol. The van der Waals surface area contributed by atoms with Gasteiger partial charge in [-0.1, -0.05) is 17.7 Å². The van der Waals surface area contributed by atoms with Gasteiger partial charge in [0.25, 0.3) is 5.91 Å². The molecular formula is C18H19ClN2O3S2. The van der Waals surface area contributed by atoms with E-state index in [1.807, 2.05) is 18.2 Å². The second-order valence-corrected chi connectivity index (χ2v) is 9.89. The number of sulfonamides is 1. The highest BCUT2D eigenvalue weighted by atomic mass is 35.5. The van der Waals surface area contributed by atoms with Crippen LogP contribution in [0.1, 0.15) is 28.4 Å². The Balaban J connectivity index is 1.85. The van der Waals surface area contributed by atoms with E-state index in [4.69, 9.17) is 11.6 Å². The summed E-state index contributed by atoms with van der Waals surface area (Å²) in [5.74, 6) is 0.595. The fourth-order valence-electron chi connectivity index (χ4n) is 2.77. The highest BCUT2D eigenvalue weighted by molar-refractivity contribution is 7.99. The number of nitrogens with zero attached hydrogens (tertiary/aromatic N) is 1. The lowest BCUT2D eigenvalue weighted by Crippen LogP contribution is -2.31. The van der Waals surface area contributed by atoms with Crippen LogP contribution < -0.4 is 5.32 Å². The van der Waals surface area contributed by atoms with E-state index < -0.39 is 10.0 Å². The molecule has 1 N–H and O–H groups in total. The molecule has 1 aliphatic rings. The maximum atomic E-state index is 12.7. The third-order valence-electron chi connectivity index (χ3n) is 4.19. The highest BCUT2D eigenvalue weighted by Crippen LogP contribution is 2.37. The Hall–Kier alpha value is -1.54. The fraction of sp³-hybridized carbons (Fsp3) is 0.278. The fourth-order valence-corrected chi connectivity index (χ4v) is 5.00. The largest absolute Gasteiger partial charge is 0.345 e. The second kappa shape index (κ2) is 7.60. The summed E-state index contributed by atoms with van der Waals surface area (Å²) in [6.07, 6.45) is 0.791. The molecule has 8 heteroatoms. The van der Waals surface area contributed by atoms with Crippen molar-refractivity contribution < 1.29 is 13.2 Å². The van der Waals surface area contributed by atoms with Gasteiger partial charge in [-0.05, 0) is 48.4 Å². The monoisotopic (exact) mass is 410 g/mol. The van der Waals surface area contributed by atoms with E-state index in [0.29, 0.717) is 10.6 Å². The standard InChI is InChI=1S/C18H19ClN2O3S2/c1-21(2)26(23,24)14-5-3-4-12(10-14)18(22)20-16-8-9-25-17-7-6-13(19)11-15(16)17/h3-7,10-11,16H,8-9H2,1-2H3,(H,20,22)/t16-/m0/s1. The molecule has 0 saturated heterocycles. The molecule has 0 spiro atoms. The minimum atomic E-state index is -3.59. The Bertz CT molecular complexity index is 945. The molecule has 0 fully saturated rings. The average Bonchev–Trinajstić information content (AvgIpc) is 2.62. The van der Waals surface area contributed by atoms with Crippen molar-refractivity contribution in [3.05, 3.63) is 58.6 Å². The summed E-state index contributed by atoms with van der Waals surface area (Å²) in [5, 5.41) is 3.64. The molecule has 1 heterocycles. The number of halogens is 1. The van der Waals surface area contributed by atoms with E-state index in [1.165, 1.54) is 26.2 Å². The zero-order valence-corrected chi connectivity index (χ0v) is 16.8. The van der Waals surface area contributed by atoms with Crippen LogP contribution in [0.25, 0.3) is 0 Å². The number of fused-ring (bicyclic) bond motifs is 1. The molecule has 26 heavy (non-hydrogen) atoms. The van der Waals surface area contributed by atoms with Crippen molar-refractivity contribution in [2.24, 2.45) is 0 Å². The van der Waals surface area contributed by atoms with E-state index in [2.05, 4.69) is 5.32 Å². The van der Waals surface area contributed by atoms with Gasteiger partial charge in [0, 0.05) is 35.3 Å². The Morgan fingerprint density at radius 3 is 2.73 bits per heavy atom. The van der Waals surface area contributed by atoms with Gasteiger partial charge in [-0.15, -0.1) is 11.8 Å². The molecule has 0 radical (unpaired) electrons. The van der Waals surface area contributed by atoms with Crippen molar-refractivity contribution >= 4 is 39.3 Å². The quantitative estimate of drug-likeness (QED) is 0.836. The maximum Gasteiger partial charge on any atom is 0.251 e. The molecule has 1 aliphatic heterocycles. The molecule has 0 aliphatic carbocycles. The summed E-state index contributed by atoms with van der Waals surface area (Å²) in [6.45, 7) is 0. The lowest BCUT2D eigenvalue weighted by Gasteiger charge is -2.26. The topological polar surface area (TPSA) is 66.5 Å². The number of benzene rings is 2. The molecule has 1 amide bonds. The third kappa shape index (κ3) is 3.91. The number of hydrogen-bond donors (Lipinski definition) is 1. The summed E-state index contributed by atoms with van der Waals surface area (Å²) in [7, 11) is -0.666.